The molecule has 0 unspecified atom stereocenters. The topological polar surface area (TPSA) is 61.2 Å². The summed E-state index contributed by atoms with van der Waals surface area (Å²) in [7, 11) is 0. The van der Waals surface area contributed by atoms with Gasteiger partial charge in [-0.3, -0.25) is 14.9 Å². The lowest BCUT2D eigenvalue weighted by molar-refractivity contribution is 0.119. The predicted octanol–water partition coefficient (Wildman–Crippen LogP) is 1.51. The maximum atomic E-state index is 5.28. The molecule has 1 N–H and O–H groups in total. The van der Waals surface area contributed by atoms with Crippen LogP contribution in [0, 0.1) is 6.92 Å². The number of piperazine rings is 1. The Morgan fingerprint density at radius 1 is 1.14 bits per heavy atom. The van der Waals surface area contributed by atoms with E-state index in [0.717, 1.165) is 50.9 Å². The summed E-state index contributed by atoms with van der Waals surface area (Å²) in [6.07, 6.45) is 5.43. The summed E-state index contributed by atoms with van der Waals surface area (Å²) in [4.78, 5) is 9.35. The van der Waals surface area contributed by atoms with E-state index in [1.807, 2.05) is 6.92 Å². The zero-order valence-electron chi connectivity index (χ0n) is 13.1. The number of H-pyrrole nitrogens is 1. The van der Waals surface area contributed by atoms with Crippen molar-refractivity contribution < 1.29 is 4.42 Å². The molecule has 0 amide bonds. The predicted molar refractivity (Wildman–Crippen MR) is 82.4 cm³/mol. The normalized spacial score (nSPS) is 19.7. The minimum absolute atomic E-state index is 0.751. The van der Waals surface area contributed by atoms with E-state index < -0.39 is 0 Å². The highest BCUT2D eigenvalue weighted by Gasteiger charge is 2.23. The van der Waals surface area contributed by atoms with Crippen molar-refractivity contribution in [2.45, 2.75) is 39.3 Å². The SMILES string of the molecule is Cc1nc(CN2CCN(Cc3n[nH]c4c3CCC4)CC2)co1. The maximum absolute atomic E-state index is 5.28. The van der Waals surface area contributed by atoms with E-state index in [-0.39, 0.29) is 0 Å². The molecule has 118 valence electrons. The van der Waals surface area contributed by atoms with Gasteiger partial charge in [0.2, 0.25) is 0 Å². The van der Waals surface area contributed by atoms with Gasteiger partial charge < -0.3 is 4.42 Å². The number of aromatic amines is 1. The van der Waals surface area contributed by atoms with Gasteiger partial charge in [0.15, 0.2) is 5.89 Å². The average Bonchev–Trinajstić information content (AvgIpc) is 3.21. The van der Waals surface area contributed by atoms with Crippen molar-refractivity contribution in [3.05, 3.63) is 34.8 Å². The highest BCUT2D eigenvalue weighted by molar-refractivity contribution is 5.29. The van der Waals surface area contributed by atoms with Crippen molar-refractivity contribution >= 4 is 0 Å². The van der Waals surface area contributed by atoms with Crippen molar-refractivity contribution in [3.63, 3.8) is 0 Å². The number of aromatic nitrogens is 3. The van der Waals surface area contributed by atoms with Crippen LogP contribution in [0.5, 0.6) is 0 Å². The van der Waals surface area contributed by atoms with Gasteiger partial charge >= 0.3 is 0 Å². The summed E-state index contributed by atoms with van der Waals surface area (Å²) in [6, 6.07) is 0. The summed E-state index contributed by atoms with van der Waals surface area (Å²) in [5.41, 5.74) is 5.17. The average molecular weight is 301 g/mol. The second-order valence-electron chi connectivity index (χ2n) is 6.39. The van der Waals surface area contributed by atoms with Gasteiger partial charge in [-0.25, -0.2) is 4.98 Å². The van der Waals surface area contributed by atoms with Gasteiger partial charge in [-0.2, -0.15) is 5.10 Å². The number of hydrogen-bond donors (Lipinski definition) is 1. The number of rotatable bonds is 4. The van der Waals surface area contributed by atoms with E-state index >= 15 is 0 Å². The summed E-state index contributed by atoms with van der Waals surface area (Å²) in [5, 5.41) is 7.73. The van der Waals surface area contributed by atoms with Crippen LogP contribution >= 0.6 is 0 Å². The molecule has 2 aromatic heterocycles. The van der Waals surface area contributed by atoms with Crippen molar-refractivity contribution in [1.82, 2.24) is 25.0 Å². The zero-order valence-corrected chi connectivity index (χ0v) is 13.1. The van der Waals surface area contributed by atoms with Gasteiger partial charge in [0.1, 0.15) is 6.26 Å². The molecule has 0 atom stereocenters. The molecule has 2 aromatic rings. The molecule has 22 heavy (non-hydrogen) atoms. The molecule has 0 spiro atoms. The minimum Gasteiger partial charge on any atom is -0.449 e. The Kier molecular flexibility index (Phi) is 3.72. The fraction of sp³-hybridized carbons (Fsp3) is 0.625. The van der Waals surface area contributed by atoms with E-state index in [1.165, 1.54) is 36.2 Å². The van der Waals surface area contributed by atoms with Gasteiger partial charge in [-0.05, 0) is 24.8 Å². The fourth-order valence-electron chi connectivity index (χ4n) is 3.55. The van der Waals surface area contributed by atoms with E-state index in [4.69, 9.17) is 4.42 Å². The Balaban J connectivity index is 1.30. The minimum atomic E-state index is 0.751. The molecular weight excluding hydrogens is 278 g/mol. The molecule has 1 aliphatic carbocycles. The first-order chi connectivity index (χ1) is 10.8. The Bertz CT molecular complexity index is 639. The van der Waals surface area contributed by atoms with Crippen LogP contribution in [0.15, 0.2) is 10.7 Å². The molecule has 1 saturated heterocycles. The molecule has 1 fully saturated rings. The first-order valence-corrected chi connectivity index (χ1v) is 8.18. The molecule has 6 heteroatoms. The van der Waals surface area contributed by atoms with Crippen molar-refractivity contribution in [2.24, 2.45) is 0 Å². The van der Waals surface area contributed by atoms with Crippen LogP contribution in [0.4, 0.5) is 0 Å². The largest absolute Gasteiger partial charge is 0.449 e. The van der Waals surface area contributed by atoms with E-state index in [9.17, 15) is 0 Å². The molecule has 0 radical (unpaired) electrons. The Hall–Kier alpha value is -1.66. The number of hydrogen-bond acceptors (Lipinski definition) is 5. The quantitative estimate of drug-likeness (QED) is 0.927. The molecule has 1 aliphatic heterocycles. The number of aryl methyl sites for hydroxylation is 2. The van der Waals surface area contributed by atoms with Crippen LogP contribution in [0.3, 0.4) is 0 Å². The molecule has 0 saturated carbocycles. The molecule has 6 nitrogen and oxygen atoms in total. The Labute approximate surface area is 130 Å². The van der Waals surface area contributed by atoms with Gasteiger partial charge in [0.05, 0.1) is 11.4 Å². The standard InChI is InChI=1S/C16H23N5O/c1-12-17-13(11-22-12)9-20-5-7-21(8-6-20)10-16-14-3-2-4-15(14)18-19-16/h11H,2-10H2,1H3,(H,18,19). The smallest absolute Gasteiger partial charge is 0.191 e. The third kappa shape index (κ3) is 2.80. The lowest BCUT2D eigenvalue weighted by Crippen LogP contribution is -2.45. The lowest BCUT2D eigenvalue weighted by Gasteiger charge is -2.33. The second-order valence-corrected chi connectivity index (χ2v) is 6.39. The van der Waals surface area contributed by atoms with Crippen LogP contribution in [-0.2, 0) is 25.9 Å². The van der Waals surface area contributed by atoms with Crippen molar-refractivity contribution in [3.8, 4) is 0 Å². The molecule has 0 aromatic carbocycles. The maximum Gasteiger partial charge on any atom is 0.191 e. The number of nitrogens with zero attached hydrogens (tertiary/aromatic N) is 4. The van der Waals surface area contributed by atoms with Crippen LogP contribution in [0.2, 0.25) is 0 Å². The highest BCUT2D eigenvalue weighted by atomic mass is 16.3. The summed E-state index contributed by atoms with van der Waals surface area (Å²) >= 11 is 0. The number of fused-ring (bicyclic) bond motifs is 1. The van der Waals surface area contributed by atoms with E-state index in [1.54, 1.807) is 6.26 Å². The van der Waals surface area contributed by atoms with E-state index in [2.05, 4.69) is 25.0 Å². The van der Waals surface area contributed by atoms with Crippen molar-refractivity contribution in [2.75, 3.05) is 26.2 Å². The highest BCUT2D eigenvalue weighted by Crippen LogP contribution is 2.24. The first-order valence-electron chi connectivity index (χ1n) is 8.18. The van der Waals surface area contributed by atoms with Gasteiger partial charge in [-0.15, -0.1) is 0 Å². The van der Waals surface area contributed by atoms with Crippen LogP contribution < -0.4 is 0 Å². The Morgan fingerprint density at radius 2 is 1.91 bits per heavy atom. The lowest BCUT2D eigenvalue weighted by atomic mass is 10.2. The number of nitrogens with one attached hydrogen (secondary N) is 1. The summed E-state index contributed by atoms with van der Waals surface area (Å²) in [5.74, 6) is 0.751. The Morgan fingerprint density at radius 3 is 2.64 bits per heavy atom. The summed E-state index contributed by atoms with van der Waals surface area (Å²) in [6.45, 7) is 8.13. The monoisotopic (exact) mass is 301 g/mol. The first kappa shape index (κ1) is 14.0. The van der Waals surface area contributed by atoms with Crippen LogP contribution in [0.25, 0.3) is 0 Å². The molecule has 4 rings (SSSR count). The molecule has 2 aliphatic rings. The van der Waals surface area contributed by atoms with Crippen LogP contribution in [0.1, 0.15) is 35.0 Å². The fourth-order valence-corrected chi connectivity index (χ4v) is 3.55. The van der Waals surface area contributed by atoms with Gasteiger partial charge in [0, 0.05) is 51.9 Å². The third-order valence-corrected chi connectivity index (χ3v) is 4.78. The number of oxazole rings is 1. The molecule has 0 bridgehead atoms. The summed E-state index contributed by atoms with van der Waals surface area (Å²) < 4.78 is 5.28. The van der Waals surface area contributed by atoms with Gasteiger partial charge in [0.25, 0.3) is 0 Å². The zero-order chi connectivity index (χ0) is 14.9. The van der Waals surface area contributed by atoms with E-state index in [0.29, 0.717) is 0 Å². The molecular formula is C16H23N5O. The van der Waals surface area contributed by atoms with Crippen LogP contribution in [-0.4, -0.2) is 51.2 Å². The third-order valence-electron chi connectivity index (χ3n) is 4.78. The second kappa shape index (κ2) is 5.85. The van der Waals surface area contributed by atoms with Crippen molar-refractivity contribution in [1.29, 1.82) is 0 Å². The van der Waals surface area contributed by atoms with Gasteiger partial charge in [-0.1, -0.05) is 0 Å². The molecule has 3 heterocycles.